The van der Waals surface area contributed by atoms with E-state index in [4.69, 9.17) is 26.1 Å². The Hall–Kier alpha value is -3.03. The van der Waals surface area contributed by atoms with E-state index < -0.39 is 0 Å². The largest absolute Gasteiger partial charge is 0.496 e. The molecule has 0 aliphatic heterocycles. The summed E-state index contributed by atoms with van der Waals surface area (Å²) in [4.78, 5) is 7.90. The molecule has 0 spiro atoms. The first-order valence-corrected chi connectivity index (χ1v) is 6.81. The molecule has 1 aromatic heterocycles. The summed E-state index contributed by atoms with van der Waals surface area (Å²) in [5, 5.41) is 12.2. The Labute approximate surface area is 133 Å². The molecule has 2 rings (SSSR count). The number of oxime groups is 1. The van der Waals surface area contributed by atoms with Crippen LogP contribution in [0.5, 0.6) is 11.5 Å². The van der Waals surface area contributed by atoms with Gasteiger partial charge in [-0.05, 0) is 24.6 Å². The fraction of sp³-hybridized carbons (Fsp3) is 0.267. The molecule has 23 heavy (non-hydrogen) atoms. The number of methoxy groups -OCH3 is 2. The van der Waals surface area contributed by atoms with E-state index in [0.717, 1.165) is 11.1 Å². The molecule has 0 fully saturated rings. The molecule has 0 aliphatic rings. The highest BCUT2D eigenvalue weighted by Gasteiger charge is 2.16. The topological polar surface area (TPSA) is 129 Å². The van der Waals surface area contributed by atoms with Gasteiger partial charge in [0.25, 0.3) is 0 Å². The van der Waals surface area contributed by atoms with Gasteiger partial charge in [-0.1, -0.05) is 5.16 Å². The minimum Gasteiger partial charge on any atom is -0.496 e. The van der Waals surface area contributed by atoms with Crippen LogP contribution in [-0.4, -0.2) is 35.1 Å². The van der Waals surface area contributed by atoms with Gasteiger partial charge in [-0.25, -0.2) is 4.98 Å². The highest BCUT2D eigenvalue weighted by atomic mass is 16.5. The van der Waals surface area contributed by atoms with Crippen LogP contribution >= 0.6 is 0 Å². The second-order valence-electron chi connectivity index (χ2n) is 4.88. The average molecular weight is 317 g/mol. The van der Waals surface area contributed by atoms with E-state index in [9.17, 15) is 0 Å². The SMILES string of the molecule is COc1cc(Cc2cnc(N)nc2N)cc(OC)c1/C(C)=N/O. The van der Waals surface area contributed by atoms with E-state index in [2.05, 4.69) is 15.1 Å². The Bertz CT molecular complexity index is 721. The van der Waals surface area contributed by atoms with Crippen molar-refractivity contribution in [2.45, 2.75) is 13.3 Å². The lowest BCUT2D eigenvalue weighted by Gasteiger charge is -2.15. The highest BCUT2D eigenvalue weighted by Crippen LogP contribution is 2.32. The maximum absolute atomic E-state index is 9.03. The molecule has 122 valence electrons. The number of ether oxygens (including phenoxy) is 2. The Morgan fingerprint density at radius 2 is 1.83 bits per heavy atom. The van der Waals surface area contributed by atoms with Gasteiger partial charge < -0.3 is 26.1 Å². The Balaban J connectivity index is 2.48. The highest BCUT2D eigenvalue weighted by molar-refractivity contribution is 6.03. The van der Waals surface area contributed by atoms with Crippen molar-refractivity contribution in [3.05, 3.63) is 35.0 Å². The molecule has 0 atom stereocenters. The van der Waals surface area contributed by atoms with Gasteiger partial charge in [0.2, 0.25) is 5.95 Å². The fourth-order valence-electron chi connectivity index (χ4n) is 2.27. The molecule has 0 bridgehead atoms. The van der Waals surface area contributed by atoms with Crippen molar-refractivity contribution in [2.24, 2.45) is 5.16 Å². The third-order valence-corrected chi connectivity index (χ3v) is 3.39. The number of nitrogens with two attached hydrogens (primary N) is 2. The van der Waals surface area contributed by atoms with E-state index in [1.165, 1.54) is 14.2 Å². The van der Waals surface area contributed by atoms with Crippen LogP contribution in [0.25, 0.3) is 0 Å². The summed E-state index contributed by atoms with van der Waals surface area (Å²) in [6.45, 7) is 1.66. The molecule has 2 aromatic rings. The van der Waals surface area contributed by atoms with Gasteiger partial charge >= 0.3 is 0 Å². The molecule has 5 N–H and O–H groups in total. The molecule has 0 unspecified atom stereocenters. The zero-order valence-electron chi connectivity index (χ0n) is 13.2. The normalized spacial score (nSPS) is 11.3. The van der Waals surface area contributed by atoms with E-state index in [1.807, 2.05) is 12.1 Å². The predicted molar refractivity (Wildman–Crippen MR) is 87.2 cm³/mol. The number of benzene rings is 1. The van der Waals surface area contributed by atoms with Crippen LogP contribution in [0.4, 0.5) is 11.8 Å². The summed E-state index contributed by atoms with van der Waals surface area (Å²) in [6.07, 6.45) is 2.07. The van der Waals surface area contributed by atoms with Crippen LogP contribution in [-0.2, 0) is 6.42 Å². The van der Waals surface area contributed by atoms with E-state index in [-0.39, 0.29) is 5.95 Å². The van der Waals surface area contributed by atoms with Gasteiger partial charge in [0.05, 0.1) is 25.5 Å². The molecule has 1 heterocycles. The molecule has 0 saturated heterocycles. The number of hydrogen-bond acceptors (Lipinski definition) is 8. The zero-order chi connectivity index (χ0) is 17.0. The second-order valence-corrected chi connectivity index (χ2v) is 4.88. The van der Waals surface area contributed by atoms with E-state index in [0.29, 0.717) is 35.0 Å². The molecule has 0 saturated carbocycles. The molecular formula is C15H19N5O3. The molecular weight excluding hydrogens is 298 g/mol. The standard InChI is InChI=1S/C15H19N5O3/c1-8(20-21)13-11(22-2)5-9(6-12(13)23-3)4-10-7-18-15(17)19-14(10)16/h5-7,21H,4H2,1-3H3,(H4,16,17,18,19)/b20-8+. The lowest BCUT2D eigenvalue weighted by molar-refractivity contribution is 0.318. The quantitative estimate of drug-likeness (QED) is 0.432. The van der Waals surface area contributed by atoms with Crippen LogP contribution in [0.3, 0.4) is 0 Å². The van der Waals surface area contributed by atoms with Gasteiger partial charge in [-0.3, -0.25) is 0 Å². The van der Waals surface area contributed by atoms with Crippen LogP contribution < -0.4 is 20.9 Å². The number of nitrogen functional groups attached to an aromatic ring is 2. The lowest BCUT2D eigenvalue weighted by atomic mass is 10.0. The molecule has 8 nitrogen and oxygen atoms in total. The van der Waals surface area contributed by atoms with E-state index >= 15 is 0 Å². The summed E-state index contributed by atoms with van der Waals surface area (Å²) in [6, 6.07) is 3.64. The number of anilines is 2. The van der Waals surface area contributed by atoms with Crippen molar-refractivity contribution < 1.29 is 14.7 Å². The maximum Gasteiger partial charge on any atom is 0.221 e. The van der Waals surface area contributed by atoms with Gasteiger partial charge in [-0.15, -0.1) is 0 Å². The Morgan fingerprint density at radius 3 is 2.30 bits per heavy atom. The van der Waals surface area contributed by atoms with Crippen molar-refractivity contribution in [2.75, 3.05) is 25.7 Å². The van der Waals surface area contributed by atoms with Crippen molar-refractivity contribution in [1.82, 2.24) is 9.97 Å². The molecule has 8 heteroatoms. The third kappa shape index (κ3) is 3.42. The number of rotatable bonds is 5. The van der Waals surface area contributed by atoms with Crippen LogP contribution in [0, 0.1) is 0 Å². The van der Waals surface area contributed by atoms with Crippen LogP contribution in [0.1, 0.15) is 23.6 Å². The van der Waals surface area contributed by atoms with E-state index in [1.54, 1.807) is 13.1 Å². The minimum atomic E-state index is 0.131. The van der Waals surface area contributed by atoms with Gasteiger partial charge in [0, 0.05) is 18.2 Å². The first-order chi connectivity index (χ1) is 11.0. The number of hydrogen-bond donors (Lipinski definition) is 3. The third-order valence-electron chi connectivity index (χ3n) is 3.39. The summed E-state index contributed by atoms with van der Waals surface area (Å²) < 4.78 is 10.8. The molecule has 1 aromatic carbocycles. The smallest absolute Gasteiger partial charge is 0.221 e. The fourth-order valence-corrected chi connectivity index (χ4v) is 2.27. The monoisotopic (exact) mass is 317 g/mol. The Morgan fingerprint density at radius 1 is 1.22 bits per heavy atom. The zero-order valence-corrected chi connectivity index (χ0v) is 13.2. The van der Waals surface area contributed by atoms with Gasteiger partial charge in [-0.2, -0.15) is 4.98 Å². The maximum atomic E-state index is 9.03. The van der Waals surface area contributed by atoms with Crippen LogP contribution in [0.2, 0.25) is 0 Å². The van der Waals surface area contributed by atoms with Crippen molar-refractivity contribution in [1.29, 1.82) is 0 Å². The second kappa shape index (κ2) is 6.82. The van der Waals surface area contributed by atoms with Crippen molar-refractivity contribution >= 4 is 17.5 Å². The van der Waals surface area contributed by atoms with Crippen LogP contribution in [0.15, 0.2) is 23.5 Å². The van der Waals surface area contributed by atoms with Gasteiger partial charge in [0.1, 0.15) is 17.3 Å². The van der Waals surface area contributed by atoms with Crippen molar-refractivity contribution in [3.8, 4) is 11.5 Å². The number of aromatic nitrogens is 2. The predicted octanol–water partition coefficient (Wildman–Crippen LogP) is 1.45. The molecule has 0 aliphatic carbocycles. The summed E-state index contributed by atoms with van der Waals surface area (Å²) >= 11 is 0. The summed E-state index contributed by atoms with van der Waals surface area (Å²) in [5.74, 6) is 1.52. The summed E-state index contributed by atoms with van der Waals surface area (Å²) in [5.41, 5.74) is 14.0. The molecule has 0 amide bonds. The first-order valence-electron chi connectivity index (χ1n) is 6.81. The average Bonchev–Trinajstić information content (AvgIpc) is 2.55. The minimum absolute atomic E-state index is 0.131. The van der Waals surface area contributed by atoms with Crippen molar-refractivity contribution in [3.63, 3.8) is 0 Å². The lowest BCUT2D eigenvalue weighted by Crippen LogP contribution is -2.06. The Kier molecular flexibility index (Phi) is 4.85. The number of nitrogens with zero attached hydrogens (tertiary/aromatic N) is 3. The van der Waals surface area contributed by atoms with Gasteiger partial charge in [0.15, 0.2) is 0 Å². The molecule has 0 radical (unpaired) electrons. The summed E-state index contributed by atoms with van der Waals surface area (Å²) in [7, 11) is 3.07. The first kappa shape index (κ1) is 16.3.